The summed E-state index contributed by atoms with van der Waals surface area (Å²) >= 11 is 0. The Labute approximate surface area is 76.3 Å². The van der Waals surface area contributed by atoms with Gasteiger partial charge in [-0.25, -0.2) is 5.84 Å². The van der Waals surface area contributed by atoms with E-state index < -0.39 is 0 Å². The van der Waals surface area contributed by atoms with Gasteiger partial charge in [-0.2, -0.15) is 0 Å². The second-order valence-electron chi connectivity index (χ2n) is 2.91. The second kappa shape index (κ2) is 2.99. The molecule has 13 heavy (non-hydrogen) atoms. The van der Waals surface area contributed by atoms with Gasteiger partial charge in [0.25, 0.3) is 0 Å². The molecule has 2 aromatic rings. The molecule has 68 valence electrons. The second-order valence-corrected chi connectivity index (χ2v) is 2.91. The van der Waals surface area contributed by atoms with Crippen molar-refractivity contribution in [3.63, 3.8) is 0 Å². The zero-order chi connectivity index (χ0) is 9.26. The lowest BCUT2D eigenvalue weighted by Gasteiger charge is -2.15. The third-order valence-electron chi connectivity index (χ3n) is 2.03. The van der Waals surface area contributed by atoms with Crippen molar-refractivity contribution in [2.45, 2.75) is 6.92 Å². The molecule has 2 rings (SSSR count). The highest BCUT2D eigenvalue weighted by atomic mass is 15.4. The van der Waals surface area contributed by atoms with Crippen molar-refractivity contribution in [3.8, 4) is 0 Å². The summed E-state index contributed by atoms with van der Waals surface area (Å²) in [4.78, 5) is 6.12. The molecular formula is C9H12N4. The molecule has 0 unspecified atom stereocenters. The summed E-state index contributed by atoms with van der Waals surface area (Å²) in [5.41, 5.74) is 2.03. The van der Waals surface area contributed by atoms with Crippen LogP contribution in [0.3, 0.4) is 0 Å². The Kier molecular flexibility index (Phi) is 1.83. The number of hydrazine groups is 1. The summed E-state index contributed by atoms with van der Waals surface area (Å²) < 4.78 is 0. The van der Waals surface area contributed by atoms with Gasteiger partial charge in [-0.1, -0.05) is 0 Å². The standard InChI is InChI=1S/C9H12N4/c1-7-8(4-6-11-7)13(10)9-3-2-5-12-9/h2-6,11-12H,10H2,1H3. The Balaban J connectivity index is 2.33. The van der Waals surface area contributed by atoms with Gasteiger partial charge in [-0.05, 0) is 25.1 Å². The fraction of sp³-hybridized carbons (Fsp3) is 0.111. The van der Waals surface area contributed by atoms with E-state index >= 15 is 0 Å². The van der Waals surface area contributed by atoms with Gasteiger partial charge in [0.15, 0.2) is 0 Å². The number of aromatic amines is 2. The van der Waals surface area contributed by atoms with Gasteiger partial charge in [-0.3, -0.25) is 5.01 Å². The number of aromatic nitrogens is 2. The Morgan fingerprint density at radius 3 is 2.62 bits per heavy atom. The van der Waals surface area contributed by atoms with E-state index in [-0.39, 0.29) is 0 Å². The van der Waals surface area contributed by atoms with Crippen LogP contribution in [0, 0.1) is 6.92 Å². The molecule has 0 aliphatic carbocycles. The molecule has 4 nitrogen and oxygen atoms in total. The number of nitrogens with zero attached hydrogens (tertiary/aromatic N) is 1. The highest BCUT2D eigenvalue weighted by Gasteiger charge is 2.07. The van der Waals surface area contributed by atoms with Crippen LogP contribution < -0.4 is 10.9 Å². The number of aryl methyl sites for hydroxylation is 1. The van der Waals surface area contributed by atoms with E-state index in [2.05, 4.69) is 9.97 Å². The molecule has 0 spiro atoms. The fourth-order valence-electron chi connectivity index (χ4n) is 1.31. The molecule has 4 N–H and O–H groups in total. The molecule has 0 fully saturated rings. The van der Waals surface area contributed by atoms with Crippen LogP contribution in [0.1, 0.15) is 5.69 Å². The van der Waals surface area contributed by atoms with E-state index in [4.69, 9.17) is 5.84 Å². The number of anilines is 2. The Bertz CT molecular complexity index is 374. The Hall–Kier alpha value is -1.68. The monoisotopic (exact) mass is 176 g/mol. The van der Waals surface area contributed by atoms with Gasteiger partial charge in [0.05, 0.1) is 5.69 Å². The van der Waals surface area contributed by atoms with Crippen LogP contribution in [-0.4, -0.2) is 9.97 Å². The normalized spacial score (nSPS) is 10.3. The molecule has 0 atom stereocenters. The van der Waals surface area contributed by atoms with Crippen LogP contribution in [0.25, 0.3) is 0 Å². The molecule has 0 aromatic carbocycles. The van der Waals surface area contributed by atoms with Crippen LogP contribution >= 0.6 is 0 Å². The maximum absolute atomic E-state index is 5.89. The predicted octanol–water partition coefficient (Wildman–Crippen LogP) is 1.66. The maximum Gasteiger partial charge on any atom is 0.124 e. The summed E-state index contributed by atoms with van der Waals surface area (Å²) in [6, 6.07) is 5.78. The number of hydrogen-bond acceptors (Lipinski definition) is 2. The topological polar surface area (TPSA) is 60.8 Å². The molecule has 2 heterocycles. The lowest BCUT2D eigenvalue weighted by Crippen LogP contribution is -2.25. The van der Waals surface area contributed by atoms with Crippen molar-refractivity contribution in [2.75, 3.05) is 5.01 Å². The molecule has 0 amide bonds. The Morgan fingerprint density at radius 2 is 2.08 bits per heavy atom. The average molecular weight is 176 g/mol. The summed E-state index contributed by atoms with van der Waals surface area (Å²) in [6.07, 6.45) is 3.71. The third-order valence-corrected chi connectivity index (χ3v) is 2.03. The number of hydrogen-bond donors (Lipinski definition) is 3. The first kappa shape index (κ1) is 7.94. The lowest BCUT2D eigenvalue weighted by molar-refractivity contribution is 1.04. The lowest BCUT2D eigenvalue weighted by atomic mass is 10.4. The van der Waals surface area contributed by atoms with Crippen LogP contribution in [0.4, 0.5) is 11.5 Å². The predicted molar refractivity (Wildman–Crippen MR) is 52.6 cm³/mol. The molecule has 0 radical (unpaired) electrons. The molecular weight excluding hydrogens is 164 g/mol. The minimum Gasteiger partial charge on any atom is -0.363 e. The third kappa shape index (κ3) is 1.31. The summed E-state index contributed by atoms with van der Waals surface area (Å²) in [7, 11) is 0. The smallest absolute Gasteiger partial charge is 0.124 e. The van der Waals surface area contributed by atoms with E-state index in [0.29, 0.717) is 0 Å². The van der Waals surface area contributed by atoms with Crippen molar-refractivity contribution in [2.24, 2.45) is 5.84 Å². The van der Waals surface area contributed by atoms with Gasteiger partial charge in [0.1, 0.15) is 5.82 Å². The number of H-pyrrole nitrogens is 2. The van der Waals surface area contributed by atoms with Gasteiger partial charge < -0.3 is 9.97 Å². The largest absolute Gasteiger partial charge is 0.363 e. The van der Waals surface area contributed by atoms with E-state index in [0.717, 1.165) is 17.2 Å². The van der Waals surface area contributed by atoms with Crippen molar-refractivity contribution < 1.29 is 0 Å². The van der Waals surface area contributed by atoms with Crippen LogP contribution in [0.2, 0.25) is 0 Å². The summed E-state index contributed by atoms with van der Waals surface area (Å²) in [5, 5.41) is 1.62. The summed E-state index contributed by atoms with van der Waals surface area (Å²) in [5.74, 6) is 6.77. The fourth-order valence-corrected chi connectivity index (χ4v) is 1.31. The van der Waals surface area contributed by atoms with Crippen molar-refractivity contribution in [3.05, 3.63) is 36.3 Å². The quantitative estimate of drug-likeness (QED) is 0.481. The van der Waals surface area contributed by atoms with Crippen LogP contribution in [0.5, 0.6) is 0 Å². The molecule has 0 aliphatic rings. The molecule has 0 saturated heterocycles. The summed E-state index contributed by atoms with van der Waals surface area (Å²) in [6.45, 7) is 1.98. The zero-order valence-corrected chi connectivity index (χ0v) is 7.41. The highest BCUT2D eigenvalue weighted by Crippen LogP contribution is 2.22. The van der Waals surface area contributed by atoms with Crippen LogP contribution in [0.15, 0.2) is 30.6 Å². The van der Waals surface area contributed by atoms with Crippen LogP contribution in [-0.2, 0) is 0 Å². The maximum atomic E-state index is 5.89. The van der Waals surface area contributed by atoms with E-state index in [9.17, 15) is 0 Å². The number of nitrogens with two attached hydrogens (primary N) is 1. The molecule has 0 saturated carbocycles. The average Bonchev–Trinajstić information content (AvgIpc) is 2.72. The highest BCUT2D eigenvalue weighted by molar-refractivity contribution is 5.60. The first-order chi connectivity index (χ1) is 6.29. The minimum absolute atomic E-state index is 0.878. The van der Waals surface area contributed by atoms with Gasteiger partial charge in [0.2, 0.25) is 0 Å². The zero-order valence-electron chi connectivity index (χ0n) is 7.41. The van der Waals surface area contributed by atoms with E-state index in [1.165, 1.54) is 0 Å². The molecule has 0 aliphatic heterocycles. The Morgan fingerprint density at radius 1 is 1.23 bits per heavy atom. The van der Waals surface area contributed by atoms with Gasteiger partial charge in [0, 0.05) is 18.1 Å². The van der Waals surface area contributed by atoms with Crippen molar-refractivity contribution >= 4 is 11.5 Å². The van der Waals surface area contributed by atoms with E-state index in [1.807, 2.05) is 37.5 Å². The van der Waals surface area contributed by atoms with Crippen molar-refractivity contribution in [1.82, 2.24) is 9.97 Å². The number of rotatable bonds is 2. The van der Waals surface area contributed by atoms with E-state index in [1.54, 1.807) is 5.01 Å². The van der Waals surface area contributed by atoms with Gasteiger partial charge in [-0.15, -0.1) is 0 Å². The van der Waals surface area contributed by atoms with Gasteiger partial charge >= 0.3 is 0 Å². The first-order valence-corrected chi connectivity index (χ1v) is 4.11. The number of nitrogens with one attached hydrogen (secondary N) is 2. The van der Waals surface area contributed by atoms with Crippen molar-refractivity contribution in [1.29, 1.82) is 0 Å². The minimum atomic E-state index is 0.878. The first-order valence-electron chi connectivity index (χ1n) is 4.11. The molecule has 4 heteroatoms. The SMILES string of the molecule is Cc1[nH]ccc1N(N)c1ccc[nH]1. The molecule has 0 bridgehead atoms. The molecule has 2 aromatic heterocycles.